The highest BCUT2D eigenvalue weighted by Crippen LogP contribution is 2.31. The number of fused-ring (bicyclic) bond motifs is 1. The van der Waals surface area contributed by atoms with E-state index in [4.69, 9.17) is 0 Å². The van der Waals surface area contributed by atoms with Crippen molar-refractivity contribution in [3.8, 4) is 0 Å². The minimum atomic E-state index is -0.00458. The summed E-state index contributed by atoms with van der Waals surface area (Å²) in [6.07, 6.45) is 6.06. The van der Waals surface area contributed by atoms with Gasteiger partial charge in [-0.3, -0.25) is 0 Å². The Kier molecular flexibility index (Phi) is 3.99. The summed E-state index contributed by atoms with van der Waals surface area (Å²) in [6.45, 7) is 10.5. The SMILES string of the molecule is CC.CC(C)C1(C)C=Cc2n[nH]nc2N=C1. The van der Waals surface area contributed by atoms with Crippen LogP contribution in [0.5, 0.6) is 0 Å². The molecule has 0 amide bonds. The third-order valence-electron chi connectivity index (χ3n) is 2.86. The lowest BCUT2D eigenvalue weighted by molar-refractivity contribution is 0.425. The molecule has 0 aromatic carbocycles. The summed E-state index contributed by atoms with van der Waals surface area (Å²) >= 11 is 0. The van der Waals surface area contributed by atoms with E-state index in [1.165, 1.54) is 0 Å². The van der Waals surface area contributed by atoms with Gasteiger partial charge in [-0.25, -0.2) is 4.99 Å². The van der Waals surface area contributed by atoms with Crippen LogP contribution >= 0.6 is 0 Å². The molecule has 0 fully saturated rings. The van der Waals surface area contributed by atoms with Crippen LogP contribution in [-0.2, 0) is 0 Å². The molecular weight excluding hydrogens is 200 g/mol. The van der Waals surface area contributed by atoms with Crippen LogP contribution in [-0.4, -0.2) is 21.6 Å². The van der Waals surface area contributed by atoms with Crippen LogP contribution < -0.4 is 0 Å². The monoisotopic (exact) mass is 220 g/mol. The van der Waals surface area contributed by atoms with Gasteiger partial charge in [0.25, 0.3) is 0 Å². The number of rotatable bonds is 1. The summed E-state index contributed by atoms with van der Waals surface area (Å²) in [5.74, 6) is 1.18. The highest BCUT2D eigenvalue weighted by Gasteiger charge is 2.25. The Morgan fingerprint density at radius 2 is 1.94 bits per heavy atom. The predicted octanol–water partition coefficient (Wildman–Crippen LogP) is 3.22. The van der Waals surface area contributed by atoms with E-state index in [9.17, 15) is 0 Å². The predicted molar refractivity (Wildman–Crippen MR) is 67.9 cm³/mol. The zero-order valence-electron chi connectivity index (χ0n) is 10.7. The molecule has 1 aliphatic heterocycles. The van der Waals surface area contributed by atoms with Gasteiger partial charge in [0, 0.05) is 11.6 Å². The maximum Gasteiger partial charge on any atom is 0.201 e. The number of hydrogen-bond acceptors (Lipinski definition) is 3. The average molecular weight is 220 g/mol. The smallest absolute Gasteiger partial charge is 0.201 e. The number of nitrogens with one attached hydrogen (secondary N) is 1. The molecule has 1 N–H and O–H groups in total. The van der Waals surface area contributed by atoms with Gasteiger partial charge >= 0.3 is 0 Å². The van der Waals surface area contributed by atoms with Crippen molar-refractivity contribution < 1.29 is 0 Å². The Morgan fingerprint density at radius 3 is 2.56 bits per heavy atom. The molecule has 1 unspecified atom stereocenters. The number of nitrogens with zero attached hydrogens (tertiary/aromatic N) is 3. The number of aromatic amines is 1. The molecule has 1 aromatic rings. The van der Waals surface area contributed by atoms with Crippen LogP contribution in [0, 0.1) is 11.3 Å². The van der Waals surface area contributed by atoms with Gasteiger partial charge in [0.15, 0.2) is 0 Å². The molecule has 1 aliphatic rings. The first kappa shape index (κ1) is 12.6. The van der Waals surface area contributed by atoms with Gasteiger partial charge in [0.2, 0.25) is 5.82 Å². The van der Waals surface area contributed by atoms with Crippen molar-refractivity contribution in [1.82, 2.24) is 15.4 Å². The van der Waals surface area contributed by atoms with E-state index in [2.05, 4.69) is 47.3 Å². The third kappa shape index (κ3) is 2.38. The molecule has 1 atom stereocenters. The summed E-state index contributed by atoms with van der Waals surface area (Å²) in [5.41, 5.74) is 0.806. The molecule has 16 heavy (non-hydrogen) atoms. The number of H-pyrrole nitrogens is 1. The topological polar surface area (TPSA) is 53.9 Å². The highest BCUT2D eigenvalue weighted by molar-refractivity contribution is 5.77. The molecule has 0 saturated carbocycles. The van der Waals surface area contributed by atoms with Crippen molar-refractivity contribution in [2.45, 2.75) is 34.6 Å². The fourth-order valence-corrected chi connectivity index (χ4v) is 1.28. The second kappa shape index (κ2) is 5.05. The van der Waals surface area contributed by atoms with Gasteiger partial charge in [-0.2, -0.15) is 10.3 Å². The molecule has 4 heteroatoms. The van der Waals surface area contributed by atoms with Crippen molar-refractivity contribution in [3.05, 3.63) is 11.8 Å². The molecule has 0 radical (unpaired) electrons. The molecule has 0 bridgehead atoms. The zero-order valence-corrected chi connectivity index (χ0v) is 10.7. The lowest BCUT2D eigenvalue weighted by atomic mass is 9.80. The van der Waals surface area contributed by atoms with E-state index in [-0.39, 0.29) is 5.41 Å². The van der Waals surface area contributed by atoms with E-state index >= 15 is 0 Å². The second-order valence-corrected chi connectivity index (χ2v) is 4.14. The maximum atomic E-state index is 4.33. The zero-order chi connectivity index (χ0) is 12.2. The largest absolute Gasteiger partial charge is 0.237 e. The Hall–Kier alpha value is -1.45. The standard InChI is InChI=1S/C10H14N4.C2H6/c1-7(2)10(3)5-4-8-9(11-6-10)13-14-12-8;1-2/h4-7H,1-3H3,(H,12,13,14);1-2H3. The summed E-state index contributed by atoms with van der Waals surface area (Å²) in [5, 5.41) is 10.5. The molecule has 0 saturated heterocycles. The molecule has 2 rings (SSSR count). The van der Waals surface area contributed by atoms with Crippen LogP contribution in [0.25, 0.3) is 6.08 Å². The summed E-state index contributed by atoms with van der Waals surface area (Å²) in [6, 6.07) is 0. The molecule has 0 spiro atoms. The average Bonchev–Trinajstić information content (AvgIpc) is 2.67. The lowest BCUT2D eigenvalue weighted by Gasteiger charge is -2.24. The molecule has 0 aliphatic carbocycles. The fraction of sp³-hybridized carbons (Fsp3) is 0.583. The van der Waals surface area contributed by atoms with E-state index in [1.807, 2.05) is 26.1 Å². The first-order chi connectivity index (χ1) is 7.62. The van der Waals surface area contributed by atoms with E-state index in [0.717, 1.165) is 5.69 Å². The molecular formula is C12H20N4. The first-order valence-electron chi connectivity index (χ1n) is 5.77. The van der Waals surface area contributed by atoms with Gasteiger partial charge in [0.1, 0.15) is 5.69 Å². The number of aliphatic imine (C=N–C) groups is 1. The highest BCUT2D eigenvalue weighted by atomic mass is 15.4. The van der Waals surface area contributed by atoms with Crippen LogP contribution in [0.3, 0.4) is 0 Å². The van der Waals surface area contributed by atoms with E-state index in [1.54, 1.807) is 0 Å². The van der Waals surface area contributed by atoms with Crippen molar-refractivity contribution in [3.63, 3.8) is 0 Å². The van der Waals surface area contributed by atoms with Gasteiger partial charge in [-0.15, -0.1) is 5.10 Å². The Balaban J connectivity index is 0.000000606. The molecule has 1 aromatic heterocycles. The maximum absolute atomic E-state index is 4.33. The van der Waals surface area contributed by atoms with E-state index < -0.39 is 0 Å². The first-order valence-corrected chi connectivity index (χ1v) is 5.77. The quantitative estimate of drug-likeness (QED) is 0.790. The number of hydrogen-bond donors (Lipinski definition) is 1. The van der Waals surface area contributed by atoms with Gasteiger partial charge in [-0.1, -0.05) is 40.7 Å². The van der Waals surface area contributed by atoms with Crippen molar-refractivity contribution >= 4 is 18.1 Å². The minimum Gasteiger partial charge on any atom is -0.237 e. The third-order valence-corrected chi connectivity index (χ3v) is 2.86. The Labute approximate surface area is 96.9 Å². The van der Waals surface area contributed by atoms with Crippen LogP contribution in [0.1, 0.15) is 40.3 Å². The van der Waals surface area contributed by atoms with Crippen molar-refractivity contribution in [1.29, 1.82) is 0 Å². The summed E-state index contributed by atoms with van der Waals surface area (Å²) in [7, 11) is 0. The van der Waals surface area contributed by atoms with Gasteiger partial charge in [-0.05, 0) is 12.0 Å². The molecule has 2 heterocycles. The van der Waals surface area contributed by atoms with Crippen LogP contribution in [0.15, 0.2) is 11.1 Å². The van der Waals surface area contributed by atoms with E-state index in [0.29, 0.717) is 11.7 Å². The minimum absolute atomic E-state index is 0.00458. The molecule has 4 nitrogen and oxygen atoms in total. The summed E-state index contributed by atoms with van der Waals surface area (Å²) < 4.78 is 0. The normalized spacial score (nSPS) is 22.4. The van der Waals surface area contributed by atoms with Gasteiger partial charge in [0.05, 0.1) is 0 Å². The Morgan fingerprint density at radius 1 is 1.25 bits per heavy atom. The fourth-order valence-electron chi connectivity index (χ4n) is 1.28. The lowest BCUT2D eigenvalue weighted by Crippen LogP contribution is -2.21. The Bertz CT molecular complexity index is 359. The summed E-state index contributed by atoms with van der Waals surface area (Å²) in [4.78, 5) is 4.33. The van der Waals surface area contributed by atoms with Crippen LogP contribution in [0.4, 0.5) is 5.82 Å². The van der Waals surface area contributed by atoms with Crippen LogP contribution in [0.2, 0.25) is 0 Å². The van der Waals surface area contributed by atoms with Crippen molar-refractivity contribution in [2.75, 3.05) is 0 Å². The number of allylic oxidation sites excluding steroid dienone is 1. The second-order valence-electron chi connectivity index (χ2n) is 4.14. The van der Waals surface area contributed by atoms with Crippen molar-refractivity contribution in [2.24, 2.45) is 16.3 Å². The number of aromatic nitrogens is 3. The molecule has 88 valence electrons. The van der Waals surface area contributed by atoms with Gasteiger partial charge < -0.3 is 0 Å².